The number of rotatable bonds is 6. The summed E-state index contributed by atoms with van der Waals surface area (Å²) in [6.45, 7) is 1.39. The van der Waals surface area contributed by atoms with Crippen molar-refractivity contribution in [3.8, 4) is 17.2 Å². The Bertz CT molecular complexity index is 541. The molecule has 0 unspecified atom stereocenters. The Balaban J connectivity index is 2.18. The van der Waals surface area contributed by atoms with Crippen molar-refractivity contribution in [2.24, 2.45) is 0 Å². The predicted octanol–water partition coefficient (Wildman–Crippen LogP) is 0.167. The molecule has 0 radical (unpaired) electrons. The number of ether oxygens (including phenoxy) is 3. The Morgan fingerprint density at radius 1 is 1.27 bits per heavy atom. The second-order valence-corrected chi connectivity index (χ2v) is 5.22. The van der Waals surface area contributed by atoms with Crippen molar-refractivity contribution >= 4 is 5.91 Å². The molecule has 7 nitrogen and oxygen atoms in total. The Hall–Kier alpha value is -1.99. The predicted molar refractivity (Wildman–Crippen MR) is 80.9 cm³/mol. The monoisotopic (exact) mass is 310 g/mol. The number of aliphatic hydroxyl groups is 1. The topological polar surface area (TPSA) is 89.1 Å². The van der Waals surface area contributed by atoms with Gasteiger partial charge in [0.05, 0.1) is 32.5 Å². The van der Waals surface area contributed by atoms with Gasteiger partial charge in [0.2, 0.25) is 5.75 Å². The third-order valence-electron chi connectivity index (χ3n) is 3.75. The van der Waals surface area contributed by atoms with Crippen LogP contribution in [0.25, 0.3) is 0 Å². The average molecular weight is 310 g/mol. The van der Waals surface area contributed by atoms with E-state index < -0.39 is 5.60 Å². The molecule has 0 aliphatic carbocycles. The molecule has 1 aromatic rings. The van der Waals surface area contributed by atoms with Gasteiger partial charge in [-0.2, -0.15) is 0 Å². The molecule has 1 aliphatic rings. The van der Waals surface area contributed by atoms with E-state index in [1.807, 2.05) is 0 Å². The molecule has 1 heterocycles. The van der Waals surface area contributed by atoms with Gasteiger partial charge < -0.3 is 30.0 Å². The van der Waals surface area contributed by atoms with Gasteiger partial charge in [-0.1, -0.05) is 0 Å². The van der Waals surface area contributed by atoms with Crippen molar-refractivity contribution in [2.75, 3.05) is 41.0 Å². The van der Waals surface area contributed by atoms with Crippen LogP contribution in [0.15, 0.2) is 12.1 Å². The van der Waals surface area contributed by atoms with E-state index in [0.717, 1.165) is 6.54 Å². The van der Waals surface area contributed by atoms with Gasteiger partial charge in [0.1, 0.15) is 0 Å². The molecule has 7 heteroatoms. The van der Waals surface area contributed by atoms with Gasteiger partial charge in [-0.05, 0) is 25.1 Å². The number of β-amino-alcohol motifs (C(OH)–C–C–N with tert-alkyl or cyclic N) is 1. The molecule has 0 bridgehead atoms. The summed E-state index contributed by atoms with van der Waals surface area (Å²) in [7, 11) is 4.46. The number of carbonyl (C=O) groups is 1. The van der Waals surface area contributed by atoms with Crippen LogP contribution in [0.4, 0.5) is 0 Å². The molecule has 122 valence electrons. The summed E-state index contributed by atoms with van der Waals surface area (Å²) >= 11 is 0. The second-order valence-electron chi connectivity index (χ2n) is 5.22. The van der Waals surface area contributed by atoms with Crippen molar-refractivity contribution < 1.29 is 24.1 Å². The highest BCUT2D eigenvalue weighted by atomic mass is 16.5. The Kier molecular flexibility index (Phi) is 5.10. The van der Waals surface area contributed by atoms with Gasteiger partial charge >= 0.3 is 0 Å². The fourth-order valence-electron chi connectivity index (χ4n) is 2.50. The van der Waals surface area contributed by atoms with Crippen LogP contribution in [-0.4, -0.2) is 57.6 Å². The molecular formula is C15H22N2O5. The average Bonchev–Trinajstić information content (AvgIpc) is 2.98. The molecule has 1 atom stereocenters. The SMILES string of the molecule is COc1ccc(C(=O)NC[C@]2(O)CCNC2)c(OC)c1OC. The Labute approximate surface area is 129 Å². The molecule has 0 aromatic heterocycles. The fraction of sp³-hybridized carbons (Fsp3) is 0.533. The molecule has 22 heavy (non-hydrogen) atoms. The van der Waals surface area contributed by atoms with E-state index in [1.54, 1.807) is 12.1 Å². The highest BCUT2D eigenvalue weighted by Crippen LogP contribution is 2.39. The highest BCUT2D eigenvalue weighted by Gasteiger charge is 2.32. The summed E-state index contributed by atoms with van der Waals surface area (Å²) < 4.78 is 15.7. The summed E-state index contributed by atoms with van der Waals surface area (Å²) in [5, 5.41) is 16.1. The molecule has 1 aliphatic heterocycles. The van der Waals surface area contributed by atoms with Crippen LogP contribution >= 0.6 is 0 Å². The van der Waals surface area contributed by atoms with Gasteiger partial charge in [-0.25, -0.2) is 0 Å². The first-order chi connectivity index (χ1) is 10.5. The maximum absolute atomic E-state index is 12.4. The molecule has 3 N–H and O–H groups in total. The first-order valence-electron chi connectivity index (χ1n) is 7.05. The second kappa shape index (κ2) is 6.85. The summed E-state index contributed by atoms with van der Waals surface area (Å²) in [4.78, 5) is 12.4. The maximum Gasteiger partial charge on any atom is 0.255 e. The van der Waals surface area contributed by atoms with Gasteiger partial charge in [0, 0.05) is 13.1 Å². The van der Waals surface area contributed by atoms with Gasteiger partial charge in [0.25, 0.3) is 5.91 Å². The zero-order valence-corrected chi connectivity index (χ0v) is 13.1. The van der Waals surface area contributed by atoms with Crippen molar-refractivity contribution in [3.05, 3.63) is 17.7 Å². The quantitative estimate of drug-likeness (QED) is 0.694. The van der Waals surface area contributed by atoms with Crippen LogP contribution in [-0.2, 0) is 0 Å². The number of amides is 1. The summed E-state index contributed by atoms with van der Waals surface area (Å²) in [5.41, 5.74) is -0.575. The lowest BCUT2D eigenvalue weighted by molar-refractivity contribution is 0.0560. The third kappa shape index (κ3) is 3.26. The number of nitrogens with one attached hydrogen (secondary N) is 2. The number of hydrogen-bond donors (Lipinski definition) is 3. The first kappa shape index (κ1) is 16.4. The smallest absolute Gasteiger partial charge is 0.255 e. The number of benzene rings is 1. The van der Waals surface area contributed by atoms with Crippen molar-refractivity contribution in [2.45, 2.75) is 12.0 Å². The standard InChI is InChI=1S/C15H22N2O5/c1-20-11-5-4-10(12(21-2)13(11)22-3)14(18)17-9-15(19)6-7-16-8-15/h4-5,16,19H,6-9H2,1-3H3,(H,17,18)/t15-/m0/s1. The van der Waals surface area contributed by atoms with Crippen LogP contribution in [0.1, 0.15) is 16.8 Å². The van der Waals surface area contributed by atoms with E-state index in [2.05, 4.69) is 10.6 Å². The fourth-order valence-corrected chi connectivity index (χ4v) is 2.50. The van der Waals surface area contributed by atoms with Crippen molar-refractivity contribution in [1.82, 2.24) is 10.6 Å². The zero-order chi connectivity index (χ0) is 16.2. The molecule has 1 fully saturated rings. The zero-order valence-electron chi connectivity index (χ0n) is 13.1. The van der Waals surface area contributed by atoms with E-state index >= 15 is 0 Å². The minimum Gasteiger partial charge on any atom is -0.493 e. The molecule has 1 aromatic carbocycles. The van der Waals surface area contributed by atoms with E-state index in [9.17, 15) is 9.90 Å². The van der Waals surface area contributed by atoms with Gasteiger partial charge in [-0.3, -0.25) is 4.79 Å². The molecule has 1 saturated heterocycles. The lowest BCUT2D eigenvalue weighted by Crippen LogP contribution is -2.44. The van der Waals surface area contributed by atoms with E-state index in [4.69, 9.17) is 14.2 Å². The van der Waals surface area contributed by atoms with Crippen LogP contribution < -0.4 is 24.8 Å². The van der Waals surface area contributed by atoms with E-state index in [0.29, 0.717) is 35.8 Å². The van der Waals surface area contributed by atoms with Crippen LogP contribution in [0.3, 0.4) is 0 Å². The molecule has 2 rings (SSSR count). The van der Waals surface area contributed by atoms with Crippen LogP contribution in [0.5, 0.6) is 17.2 Å². The van der Waals surface area contributed by atoms with Gasteiger partial charge in [0.15, 0.2) is 11.5 Å². The van der Waals surface area contributed by atoms with E-state index in [-0.39, 0.29) is 12.5 Å². The Morgan fingerprint density at radius 2 is 2.00 bits per heavy atom. The van der Waals surface area contributed by atoms with Crippen molar-refractivity contribution in [3.63, 3.8) is 0 Å². The summed E-state index contributed by atoms with van der Waals surface area (Å²) in [6, 6.07) is 3.24. The lowest BCUT2D eigenvalue weighted by Gasteiger charge is -2.22. The van der Waals surface area contributed by atoms with E-state index in [1.165, 1.54) is 21.3 Å². The number of methoxy groups -OCH3 is 3. The summed E-state index contributed by atoms with van der Waals surface area (Å²) in [6.07, 6.45) is 0.607. The molecule has 0 saturated carbocycles. The minimum atomic E-state index is -0.903. The highest BCUT2D eigenvalue weighted by molar-refractivity contribution is 5.98. The summed E-state index contributed by atoms with van der Waals surface area (Å²) in [5.74, 6) is 0.808. The van der Waals surface area contributed by atoms with Gasteiger partial charge in [-0.15, -0.1) is 0 Å². The number of hydrogen-bond acceptors (Lipinski definition) is 6. The normalized spacial score (nSPS) is 20.5. The molecule has 1 amide bonds. The van der Waals surface area contributed by atoms with Crippen molar-refractivity contribution in [1.29, 1.82) is 0 Å². The lowest BCUT2D eigenvalue weighted by atomic mass is 10.0. The molecular weight excluding hydrogens is 288 g/mol. The largest absolute Gasteiger partial charge is 0.493 e. The minimum absolute atomic E-state index is 0.177. The number of carbonyl (C=O) groups excluding carboxylic acids is 1. The maximum atomic E-state index is 12.4. The van der Waals surface area contributed by atoms with Crippen LogP contribution in [0.2, 0.25) is 0 Å². The first-order valence-corrected chi connectivity index (χ1v) is 7.05. The molecule has 0 spiro atoms. The van der Waals surface area contributed by atoms with Crippen LogP contribution in [0, 0.1) is 0 Å². The Morgan fingerprint density at radius 3 is 2.55 bits per heavy atom. The third-order valence-corrected chi connectivity index (χ3v) is 3.75.